The van der Waals surface area contributed by atoms with Gasteiger partial charge in [0.2, 0.25) is 5.95 Å². The normalized spacial score (nSPS) is 25.7. The van der Waals surface area contributed by atoms with E-state index in [1.54, 1.807) is 0 Å². The quantitative estimate of drug-likeness (QED) is 0.771. The monoisotopic (exact) mass is 311 g/mol. The average molecular weight is 311 g/mol. The van der Waals surface area contributed by atoms with Gasteiger partial charge >= 0.3 is 0 Å². The van der Waals surface area contributed by atoms with Crippen molar-refractivity contribution in [3.63, 3.8) is 0 Å². The van der Waals surface area contributed by atoms with Crippen molar-refractivity contribution in [3.8, 4) is 0 Å². The lowest BCUT2D eigenvalue weighted by Gasteiger charge is -2.27. The van der Waals surface area contributed by atoms with E-state index in [4.69, 9.17) is 5.73 Å². The number of nitrogens with zero attached hydrogens (tertiary/aromatic N) is 2. The Morgan fingerprint density at radius 2 is 2.09 bits per heavy atom. The van der Waals surface area contributed by atoms with Gasteiger partial charge in [0.25, 0.3) is 0 Å². The standard InChI is InChI=1S/C18H25N5/c19-18-22-16-14-6-2-1-4-12(14)5-3-7-15(16)17(23-18)21-11-9-13-8-10-20-13/h2,6-7,12-13,20H,1,3-5,8-11H2,(H3,19,21,22,23). The van der Waals surface area contributed by atoms with E-state index in [0.717, 1.165) is 42.3 Å². The first kappa shape index (κ1) is 14.7. The van der Waals surface area contributed by atoms with Crippen LogP contribution in [0.15, 0.2) is 12.2 Å². The molecule has 1 fully saturated rings. The molecule has 1 aromatic rings. The third-order valence-electron chi connectivity index (χ3n) is 5.23. The highest BCUT2D eigenvalue weighted by Crippen LogP contribution is 2.29. The second-order valence-electron chi connectivity index (χ2n) is 6.76. The Hall–Kier alpha value is -1.88. The van der Waals surface area contributed by atoms with Gasteiger partial charge in [-0.1, -0.05) is 18.2 Å². The molecule has 2 atom stereocenters. The molecule has 0 aromatic carbocycles. The van der Waals surface area contributed by atoms with Crippen LogP contribution in [0.1, 0.15) is 38.5 Å². The number of aromatic nitrogens is 2. The van der Waals surface area contributed by atoms with Crippen molar-refractivity contribution < 1.29 is 0 Å². The minimum Gasteiger partial charge on any atom is -0.369 e. The van der Waals surface area contributed by atoms with Crippen molar-refractivity contribution in [2.45, 2.75) is 44.6 Å². The first-order valence-electron chi connectivity index (χ1n) is 8.83. The van der Waals surface area contributed by atoms with Crippen LogP contribution in [-0.4, -0.2) is 29.1 Å². The molecule has 3 aliphatic rings. The van der Waals surface area contributed by atoms with Crippen LogP contribution < -0.4 is 26.9 Å². The fourth-order valence-electron chi connectivity index (χ4n) is 3.79. The topological polar surface area (TPSA) is 75.9 Å². The maximum Gasteiger partial charge on any atom is 0.222 e. The van der Waals surface area contributed by atoms with Crippen LogP contribution in [-0.2, 0) is 0 Å². The van der Waals surface area contributed by atoms with Crippen LogP contribution in [0.2, 0.25) is 0 Å². The van der Waals surface area contributed by atoms with Crippen molar-refractivity contribution in [1.29, 1.82) is 0 Å². The Morgan fingerprint density at radius 3 is 2.91 bits per heavy atom. The number of rotatable bonds is 4. The second kappa shape index (κ2) is 6.32. The largest absolute Gasteiger partial charge is 0.369 e. The SMILES string of the molecule is Nc1nc(NCCC2CCN2)c2c(n1)=C1C=CCCC1CCC=2. The molecule has 0 saturated carbocycles. The van der Waals surface area contributed by atoms with E-state index in [1.165, 1.54) is 31.3 Å². The highest BCUT2D eigenvalue weighted by atomic mass is 15.1. The van der Waals surface area contributed by atoms with Gasteiger partial charge in [-0.05, 0) is 56.6 Å². The third-order valence-corrected chi connectivity index (χ3v) is 5.23. The molecule has 0 bridgehead atoms. The summed E-state index contributed by atoms with van der Waals surface area (Å²) in [6.07, 6.45) is 13.9. The highest BCUT2D eigenvalue weighted by Gasteiger charge is 2.20. The number of anilines is 2. The van der Waals surface area contributed by atoms with Crippen molar-refractivity contribution >= 4 is 23.4 Å². The summed E-state index contributed by atoms with van der Waals surface area (Å²) in [5.74, 6) is 1.88. The van der Waals surface area contributed by atoms with Crippen LogP contribution in [0.5, 0.6) is 0 Å². The van der Waals surface area contributed by atoms with Gasteiger partial charge in [0.15, 0.2) is 0 Å². The maximum absolute atomic E-state index is 6.00. The van der Waals surface area contributed by atoms with Crippen LogP contribution in [0.4, 0.5) is 11.8 Å². The van der Waals surface area contributed by atoms with Gasteiger partial charge in [-0.3, -0.25) is 0 Å². The number of hydrogen-bond acceptors (Lipinski definition) is 5. The Balaban J connectivity index is 1.70. The van der Waals surface area contributed by atoms with Gasteiger partial charge in [0.1, 0.15) is 5.82 Å². The van der Waals surface area contributed by atoms with Crippen molar-refractivity contribution in [2.24, 2.45) is 5.92 Å². The predicted octanol–water partition coefficient (Wildman–Crippen LogP) is 0.914. The van der Waals surface area contributed by atoms with Crippen LogP contribution >= 0.6 is 0 Å². The van der Waals surface area contributed by atoms with Crippen molar-refractivity contribution in [3.05, 3.63) is 22.7 Å². The number of nitrogens with one attached hydrogen (secondary N) is 2. The van der Waals surface area contributed by atoms with Gasteiger partial charge < -0.3 is 16.4 Å². The van der Waals surface area contributed by atoms with Crippen molar-refractivity contribution in [2.75, 3.05) is 24.1 Å². The lowest BCUT2D eigenvalue weighted by molar-refractivity contribution is 0.357. The molecule has 23 heavy (non-hydrogen) atoms. The Labute approximate surface area is 136 Å². The molecule has 1 saturated heterocycles. The number of hydrogen-bond donors (Lipinski definition) is 3. The molecule has 1 aromatic heterocycles. The lowest BCUT2D eigenvalue weighted by atomic mass is 9.86. The number of allylic oxidation sites excluding steroid dienone is 2. The van der Waals surface area contributed by atoms with Gasteiger partial charge in [-0.15, -0.1) is 0 Å². The van der Waals surface area contributed by atoms with Crippen molar-refractivity contribution in [1.82, 2.24) is 15.3 Å². The van der Waals surface area contributed by atoms with E-state index in [1.807, 2.05) is 0 Å². The number of nitrogens with two attached hydrogens (primary N) is 1. The zero-order valence-corrected chi connectivity index (χ0v) is 13.5. The third kappa shape index (κ3) is 2.98. The molecule has 4 rings (SSSR count). The van der Waals surface area contributed by atoms with Gasteiger partial charge in [-0.25, -0.2) is 4.98 Å². The Morgan fingerprint density at radius 1 is 1.22 bits per heavy atom. The molecule has 0 amide bonds. The number of fused-ring (bicyclic) bond motifs is 2. The summed E-state index contributed by atoms with van der Waals surface area (Å²) in [4.78, 5) is 9.06. The summed E-state index contributed by atoms with van der Waals surface area (Å²) in [6, 6.07) is 0.657. The lowest BCUT2D eigenvalue weighted by Crippen LogP contribution is -2.44. The molecular weight excluding hydrogens is 286 g/mol. The van der Waals surface area contributed by atoms with E-state index in [0.29, 0.717) is 17.9 Å². The van der Waals surface area contributed by atoms with E-state index in [2.05, 4.69) is 38.8 Å². The fourth-order valence-corrected chi connectivity index (χ4v) is 3.79. The molecule has 2 unspecified atom stereocenters. The average Bonchev–Trinajstić information content (AvgIpc) is 2.69. The summed E-state index contributed by atoms with van der Waals surface area (Å²) < 4.78 is 0. The summed E-state index contributed by atoms with van der Waals surface area (Å²) in [5.41, 5.74) is 7.34. The van der Waals surface area contributed by atoms with Gasteiger partial charge in [0, 0.05) is 17.8 Å². The molecule has 0 radical (unpaired) electrons. The molecule has 1 aliphatic heterocycles. The van der Waals surface area contributed by atoms with E-state index >= 15 is 0 Å². The molecule has 0 spiro atoms. The Kier molecular flexibility index (Phi) is 4.04. The summed E-state index contributed by atoms with van der Waals surface area (Å²) >= 11 is 0. The van der Waals surface area contributed by atoms with E-state index < -0.39 is 0 Å². The molecule has 5 nitrogen and oxygen atoms in total. The molecule has 2 aliphatic carbocycles. The summed E-state index contributed by atoms with van der Waals surface area (Å²) in [7, 11) is 0. The first-order chi connectivity index (χ1) is 11.3. The van der Waals surface area contributed by atoms with Gasteiger partial charge in [-0.2, -0.15) is 4.98 Å². The zero-order valence-electron chi connectivity index (χ0n) is 13.5. The molecule has 4 N–H and O–H groups in total. The second-order valence-corrected chi connectivity index (χ2v) is 6.76. The van der Waals surface area contributed by atoms with Crippen LogP contribution in [0.25, 0.3) is 11.6 Å². The highest BCUT2D eigenvalue weighted by molar-refractivity contribution is 5.63. The smallest absolute Gasteiger partial charge is 0.222 e. The summed E-state index contributed by atoms with van der Waals surface area (Å²) in [5, 5.41) is 9.12. The first-order valence-corrected chi connectivity index (χ1v) is 8.83. The zero-order chi connectivity index (χ0) is 15.6. The predicted molar refractivity (Wildman–Crippen MR) is 94.2 cm³/mol. The van der Waals surface area contributed by atoms with Gasteiger partial charge in [0.05, 0.1) is 5.35 Å². The summed E-state index contributed by atoms with van der Waals surface area (Å²) in [6.45, 7) is 2.07. The van der Waals surface area contributed by atoms with Crippen LogP contribution in [0, 0.1) is 5.92 Å². The minimum absolute atomic E-state index is 0.369. The van der Waals surface area contributed by atoms with Crippen LogP contribution in [0.3, 0.4) is 0 Å². The fraction of sp³-hybridized carbons (Fsp3) is 0.556. The maximum atomic E-state index is 6.00. The molecular formula is C18H25N5. The molecule has 122 valence electrons. The Bertz CT molecular complexity index is 733. The molecule has 2 heterocycles. The van der Waals surface area contributed by atoms with E-state index in [9.17, 15) is 0 Å². The minimum atomic E-state index is 0.369. The number of nitrogen functional groups attached to an aromatic ring is 1. The molecule has 5 heteroatoms. The van der Waals surface area contributed by atoms with E-state index in [-0.39, 0.29) is 0 Å².